The zero-order chi connectivity index (χ0) is 20.6. The number of fused-ring (bicyclic) bond motifs is 1. The van der Waals surface area contributed by atoms with Gasteiger partial charge in [-0.25, -0.2) is 9.78 Å². The highest BCUT2D eigenvalue weighted by Crippen LogP contribution is 2.29. The second-order valence-electron chi connectivity index (χ2n) is 8.51. The Labute approximate surface area is 170 Å². The van der Waals surface area contributed by atoms with Crippen molar-refractivity contribution in [3.05, 3.63) is 53.6 Å². The second kappa shape index (κ2) is 7.35. The molecule has 1 aliphatic rings. The highest BCUT2D eigenvalue weighted by atomic mass is 16.2. The lowest BCUT2D eigenvalue weighted by Gasteiger charge is -2.22. The lowest BCUT2D eigenvalue weighted by atomic mass is 9.92. The molecule has 2 amide bonds. The smallest absolute Gasteiger partial charge is 0.320 e. The predicted molar refractivity (Wildman–Crippen MR) is 111 cm³/mol. The summed E-state index contributed by atoms with van der Waals surface area (Å²) in [6.45, 7) is 6.27. The van der Waals surface area contributed by atoms with Gasteiger partial charge in [0.15, 0.2) is 5.82 Å². The Morgan fingerprint density at radius 1 is 1.24 bits per heavy atom. The van der Waals surface area contributed by atoms with Crippen LogP contribution in [0.15, 0.2) is 36.7 Å². The van der Waals surface area contributed by atoms with Crippen LogP contribution in [0.3, 0.4) is 0 Å². The van der Waals surface area contributed by atoms with Crippen molar-refractivity contribution in [1.82, 2.24) is 29.9 Å². The van der Waals surface area contributed by atoms with Crippen molar-refractivity contribution < 1.29 is 4.79 Å². The fourth-order valence-corrected chi connectivity index (χ4v) is 3.62. The fourth-order valence-electron chi connectivity index (χ4n) is 3.62. The third-order valence-electron chi connectivity index (χ3n) is 5.11. The number of nitrogens with one attached hydrogen (secondary N) is 2. The van der Waals surface area contributed by atoms with E-state index < -0.39 is 0 Å². The summed E-state index contributed by atoms with van der Waals surface area (Å²) in [5, 5.41) is 15.3. The highest BCUT2D eigenvalue weighted by molar-refractivity contribution is 5.89. The molecule has 0 spiro atoms. The summed E-state index contributed by atoms with van der Waals surface area (Å²) in [7, 11) is 1.91. The number of nitrogens with zero attached hydrogens (tertiary/aromatic N) is 5. The van der Waals surface area contributed by atoms with Crippen molar-refractivity contribution in [2.24, 2.45) is 7.05 Å². The number of hydrogen-bond acceptors (Lipinski definition) is 4. The van der Waals surface area contributed by atoms with Gasteiger partial charge in [0.1, 0.15) is 5.82 Å². The Kier molecular flexibility index (Phi) is 4.86. The molecule has 0 aromatic carbocycles. The first kappa shape index (κ1) is 19.2. The molecule has 3 heterocycles. The minimum atomic E-state index is -0.260. The molecule has 152 valence electrons. The van der Waals surface area contributed by atoms with Gasteiger partial charge in [-0.3, -0.25) is 10.00 Å². The van der Waals surface area contributed by atoms with E-state index in [1.54, 1.807) is 10.9 Å². The predicted octanol–water partition coefficient (Wildman–Crippen LogP) is 3.50. The molecule has 0 bridgehead atoms. The van der Waals surface area contributed by atoms with E-state index in [-0.39, 0.29) is 17.5 Å². The van der Waals surface area contributed by atoms with E-state index in [4.69, 9.17) is 0 Å². The van der Waals surface area contributed by atoms with Crippen LogP contribution in [0.4, 0.5) is 10.6 Å². The molecule has 0 fully saturated rings. The molecule has 0 aliphatic heterocycles. The largest absolute Gasteiger partial charge is 0.331 e. The summed E-state index contributed by atoms with van der Waals surface area (Å²) in [4.78, 5) is 17.2. The standard InChI is InChI=1S/C21H27N7O/c1-21(2,3)17-12-19(28(26-17)18-10-5-6-11-22-18)24-20(29)23-15-8-7-9-16-14(15)13-27(4)25-16/h5-6,10-13,15H,7-9H2,1-4H3,(H2,23,24,29). The van der Waals surface area contributed by atoms with Crippen LogP contribution in [0.2, 0.25) is 0 Å². The third kappa shape index (κ3) is 4.01. The number of hydrogen-bond donors (Lipinski definition) is 2. The van der Waals surface area contributed by atoms with Gasteiger partial charge in [-0.05, 0) is 31.4 Å². The first-order valence-corrected chi connectivity index (χ1v) is 9.93. The summed E-state index contributed by atoms with van der Waals surface area (Å²) in [5.41, 5.74) is 2.90. The van der Waals surface area contributed by atoms with E-state index in [2.05, 4.69) is 46.6 Å². The normalized spacial score (nSPS) is 16.3. The van der Waals surface area contributed by atoms with Gasteiger partial charge in [0.2, 0.25) is 0 Å². The number of anilines is 1. The average molecular weight is 393 g/mol. The van der Waals surface area contributed by atoms with Crippen molar-refractivity contribution in [1.29, 1.82) is 0 Å². The first-order valence-electron chi connectivity index (χ1n) is 9.93. The molecular weight excluding hydrogens is 366 g/mol. The summed E-state index contributed by atoms with van der Waals surface area (Å²) in [5.74, 6) is 1.25. The van der Waals surface area contributed by atoms with Gasteiger partial charge in [0.25, 0.3) is 0 Å². The number of amides is 2. The second-order valence-corrected chi connectivity index (χ2v) is 8.51. The van der Waals surface area contributed by atoms with Gasteiger partial charge in [0, 0.05) is 36.5 Å². The molecule has 1 unspecified atom stereocenters. The quantitative estimate of drug-likeness (QED) is 0.713. The van der Waals surface area contributed by atoms with Gasteiger partial charge in [-0.2, -0.15) is 14.9 Å². The molecule has 3 aromatic heterocycles. The minimum absolute atomic E-state index is 0.0410. The average Bonchev–Trinajstić information content (AvgIpc) is 3.26. The lowest BCUT2D eigenvalue weighted by Crippen LogP contribution is -2.34. The zero-order valence-electron chi connectivity index (χ0n) is 17.3. The zero-order valence-corrected chi connectivity index (χ0v) is 17.3. The van der Waals surface area contributed by atoms with Crippen molar-refractivity contribution >= 4 is 11.8 Å². The van der Waals surface area contributed by atoms with Crippen LogP contribution < -0.4 is 10.6 Å². The molecular formula is C21H27N7O. The molecule has 4 rings (SSSR count). The van der Waals surface area contributed by atoms with E-state index in [9.17, 15) is 4.79 Å². The van der Waals surface area contributed by atoms with Crippen LogP contribution in [0.5, 0.6) is 0 Å². The van der Waals surface area contributed by atoms with Gasteiger partial charge in [-0.1, -0.05) is 26.8 Å². The number of aromatic nitrogens is 5. The molecule has 0 radical (unpaired) electrons. The first-order chi connectivity index (χ1) is 13.8. The van der Waals surface area contributed by atoms with Gasteiger partial charge in [-0.15, -0.1) is 0 Å². The maximum Gasteiger partial charge on any atom is 0.320 e. The summed E-state index contributed by atoms with van der Waals surface area (Å²) in [6.07, 6.45) is 6.57. The van der Waals surface area contributed by atoms with Gasteiger partial charge < -0.3 is 5.32 Å². The van der Waals surface area contributed by atoms with Gasteiger partial charge in [0.05, 0.1) is 17.4 Å². The third-order valence-corrected chi connectivity index (χ3v) is 5.11. The maximum atomic E-state index is 12.8. The van der Waals surface area contributed by atoms with Crippen LogP contribution in [0, 0.1) is 0 Å². The highest BCUT2D eigenvalue weighted by Gasteiger charge is 2.26. The molecule has 29 heavy (non-hydrogen) atoms. The van der Waals surface area contributed by atoms with Crippen LogP contribution in [-0.2, 0) is 18.9 Å². The fraction of sp³-hybridized carbons (Fsp3) is 0.429. The molecule has 1 atom stereocenters. The van der Waals surface area contributed by atoms with E-state index in [1.165, 1.54) is 0 Å². The van der Waals surface area contributed by atoms with Crippen LogP contribution in [0.1, 0.15) is 56.6 Å². The van der Waals surface area contributed by atoms with Crippen LogP contribution >= 0.6 is 0 Å². The van der Waals surface area contributed by atoms with Crippen molar-refractivity contribution in [2.45, 2.75) is 51.5 Å². The molecule has 3 aromatic rings. The number of rotatable bonds is 3. The number of aryl methyl sites for hydroxylation is 2. The van der Waals surface area contributed by atoms with Crippen LogP contribution in [-0.4, -0.2) is 30.6 Å². The number of urea groups is 1. The lowest BCUT2D eigenvalue weighted by molar-refractivity contribution is 0.247. The molecule has 0 saturated carbocycles. The monoisotopic (exact) mass is 393 g/mol. The van der Waals surface area contributed by atoms with E-state index in [1.807, 2.05) is 42.2 Å². The molecule has 2 N–H and O–H groups in total. The SMILES string of the molecule is Cn1cc2c(n1)CCCC2NC(=O)Nc1cc(C(C)(C)C)nn1-c1ccccn1. The Hall–Kier alpha value is -3.16. The van der Waals surface area contributed by atoms with Gasteiger partial charge >= 0.3 is 6.03 Å². The maximum absolute atomic E-state index is 12.8. The molecule has 1 aliphatic carbocycles. The summed E-state index contributed by atoms with van der Waals surface area (Å²) < 4.78 is 3.49. The Morgan fingerprint density at radius 3 is 2.79 bits per heavy atom. The molecule has 0 saturated heterocycles. The van der Waals surface area contributed by atoms with Crippen LogP contribution in [0.25, 0.3) is 5.82 Å². The van der Waals surface area contributed by atoms with E-state index in [0.717, 1.165) is 36.2 Å². The molecule has 8 heteroatoms. The Morgan fingerprint density at radius 2 is 2.07 bits per heavy atom. The van der Waals surface area contributed by atoms with Crippen molar-refractivity contribution in [3.8, 4) is 5.82 Å². The van der Waals surface area contributed by atoms with E-state index >= 15 is 0 Å². The Balaban J connectivity index is 1.57. The number of carbonyl (C=O) groups excluding carboxylic acids is 1. The van der Waals surface area contributed by atoms with Crippen molar-refractivity contribution in [2.75, 3.05) is 5.32 Å². The minimum Gasteiger partial charge on any atom is -0.331 e. The number of pyridine rings is 1. The Bertz CT molecular complexity index is 1010. The van der Waals surface area contributed by atoms with Crippen molar-refractivity contribution in [3.63, 3.8) is 0 Å². The van der Waals surface area contributed by atoms with E-state index in [0.29, 0.717) is 11.6 Å². The topological polar surface area (TPSA) is 89.7 Å². The summed E-state index contributed by atoms with van der Waals surface area (Å²) >= 11 is 0. The molecule has 8 nitrogen and oxygen atoms in total. The number of carbonyl (C=O) groups is 1. The summed E-state index contributed by atoms with van der Waals surface area (Å²) in [6, 6.07) is 7.23.